The van der Waals surface area contributed by atoms with Crippen molar-refractivity contribution in [2.24, 2.45) is 5.92 Å². The normalized spacial score (nSPS) is 11.5. The molecule has 0 spiro atoms. The number of nitrogens with one attached hydrogen (secondary N) is 2. The van der Waals surface area contributed by atoms with Crippen LogP contribution in [0, 0.1) is 5.92 Å². The molecule has 140 valence electrons. The Morgan fingerprint density at radius 2 is 1.81 bits per heavy atom. The Morgan fingerprint density at radius 1 is 1.12 bits per heavy atom. The molecule has 7 heteroatoms. The van der Waals surface area contributed by atoms with Crippen molar-refractivity contribution in [2.75, 3.05) is 11.9 Å². The van der Waals surface area contributed by atoms with Gasteiger partial charge in [0.25, 0.3) is 0 Å². The van der Waals surface area contributed by atoms with E-state index in [-0.39, 0.29) is 10.5 Å². The van der Waals surface area contributed by atoms with Gasteiger partial charge in [-0.25, -0.2) is 17.9 Å². The van der Waals surface area contributed by atoms with E-state index in [9.17, 15) is 18.3 Å². The fourth-order valence-corrected chi connectivity index (χ4v) is 3.63. The first-order chi connectivity index (χ1) is 12.3. The highest BCUT2D eigenvalue weighted by Crippen LogP contribution is 2.24. The average Bonchev–Trinajstić information content (AvgIpc) is 2.60. The summed E-state index contributed by atoms with van der Waals surface area (Å²) in [4.78, 5) is 11.2. The molecule has 0 saturated heterocycles. The van der Waals surface area contributed by atoms with Gasteiger partial charge in [0.05, 0.1) is 11.3 Å². The second-order valence-corrected chi connectivity index (χ2v) is 8.17. The largest absolute Gasteiger partial charge is 0.478 e. The maximum Gasteiger partial charge on any atom is 0.335 e. The zero-order chi connectivity index (χ0) is 19.2. The molecule has 0 fully saturated rings. The van der Waals surface area contributed by atoms with Crippen LogP contribution >= 0.6 is 0 Å². The zero-order valence-corrected chi connectivity index (χ0v) is 15.7. The fraction of sp³-hybridized carbons (Fsp3) is 0.316. The maximum absolute atomic E-state index is 12.7. The molecule has 26 heavy (non-hydrogen) atoms. The average molecular weight is 376 g/mol. The van der Waals surface area contributed by atoms with Crippen LogP contribution in [0.5, 0.6) is 0 Å². The lowest BCUT2D eigenvalue weighted by Gasteiger charge is -2.15. The van der Waals surface area contributed by atoms with E-state index in [4.69, 9.17) is 0 Å². The van der Waals surface area contributed by atoms with Gasteiger partial charge >= 0.3 is 5.97 Å². The molecule has 0 aliphatic carbocycles. The third-order valence-corrected chi connectivity index (χ3v) is 5.36. The topological polar surface area (TPSA) is 95.5 Å². The molecule has 0 heterocycles. The van der Waals surface area contributed by atoms with E-state index in [0.29, 0.717) is 31.1 Å². The van der Waals surface area contributed by atoms with Crippen molar-refractivity contribution in [3.8, 4) is 0 Å². The quantitative estimate of drug-likeness (QED) is 0.624. The molecule has 6 nitrogen and oxygen atoms in total. The molecule has 0 aliphatic rings. The van der Waals surface area contributed by atoms with Gasteiger partial charge in [-0.15, -0.1) is 0 Å². The van der Waals surface area contributed by atoms with Crippen LogP contribution in [-0.2, 0) is 16.6 Å². The Balaban J connectivity index is 2.28. The van der Waals surface area contributed by atoms with Crippen LogP contribution in [0.15, 0.2) is 53.4 Å². The lowest BCUT2D eigenvalue weighted by molar-refractivity contribution is 0.0696. The molecule has 0 bridgehead atoms. The number of benzene rings is 2. The minimum atomic E-state index is -3.82. The van der Waals surface area contributed by atoms with Crippen molar-refractivity contribution < 1.29 is 18.3 Å². The van der Waals surface area contributed by atoms with Crippen LogP contribution in [0.3, 0.4) is 0 Å². The van der Waals surface area contributed by atoms with Gasteiger partial charge < -0.3 is 10.4 Å². The molecule has 0 atom stereocenters. The van der Waals surface area contributed by atoms with Crippen LogP contribution < -0.4 is 10.0 Å². The molecule has 0 aliphatic heterocycles. The summed E-state index contributed by atoms with van der Waals surface area (Å²) in [6.45, 7) is 4.75. The molecule has 0 saturated carbocycles. The second-order valence-electron chi connectivity index (χ2n) is 6.44. The van der Waals surface area contributed by atoms with E-state index in [2.05, 4.69) is 10.0 Å². The first-order valence-electron chi connectivity index (χ1n) is 8.44. The monoisotopic (exact) mass is 376 g/mol. The van der Waals surface area contributed by atoms with Crippen molar-refractivity contribution in [1.82, 2.24) is 4.72 Å². The summed E-state index contributed by atoms with van der Waals surface area (Å²) >= 11 is 0. The predicted molar refractivity (Wildman–Crippen MR) is 102 cm³/mol. The molecule has 2 aromatic rings. The van der Waals surface area contributed by atoms with Crippen LogP contribution in [0.25, 0.3) is 0 Å². The van der Waals surface area contributed by atoms with E-state index in [0.717, 1.165) is 5.56 Å². The standard InChI is InChI=1S/C19H24N2O4S/c1-14(2)10-11-21-26(24,25)18-12-16(19(22)23)8-9-17(18)20-13-15-6-4-3-5-7-15/h3-9,12,14,20-21H,10-11,13H2,1-2H3,(H,22,23). The van der Waals surface area contributed by atoms with Gasteiger partial charge in [0.15, 0.2) is 0 Å². The third-order valence-electron chi connectivity index (χ3n) is 3.86. The van der Waals surface area contributed by atoms with Gasteiger partial charge in [-0.2, -0.15) is 0 Å². The highest BCUT2D eigenvalue weighted by atomic mass is 32.2. The van der Waals surface area contributed by atoms with E-state index < -0.39 is 16.0 Å². The van der Waals surface area contributed by atoms with Gasteiger partial charge in [0.2, 0.25) is 10.0 Å². The SMILES string of the molecule is CC(C)CCNS(=O)(=O)c1cc(C(=O)O)ccc1NCc1ccccc1. The minimum absolute atomic E-state index is 0.0583. The summed E-state index contributed by atoms with van der Waals surface area (Å²) in [6, 6.07) is 13.6. The van der Waals surface area contributed by atoms with E-state index in [1.807, 2.05) is 44.2 Å². The van der Waals surface area contributed by atoms with Gasteiger partial charge in [0, 0.05) is 13.1 Å². The van der Waals surface area contributed by atoms with E-state index in [1.165, 1.54) is 18.2 Å². The molecule has 2 aromatic carbocycles. The second kappa shape index (κ2) is 8.82. The predicted octanol–water partition coefficient (Wildman–Crippen LogP) is 3.32. The van der Waals surface area contributed by atoms with Gasteiger partial charge in [-0.3, -0.25) is 0 Å². The number of hydrogen-bond donors (Lipinski definition) is 3. The lowest BCUT2D eigenvalue weighted by atomic mass is 10.1. The Labute approximate surface area is 154 Å². The van der Waals surface area contributed by atoms with Crippen molar-refractivity contribution in [1.29, 1.82) is 0 Å². The lowest BCUT2D eigenvalue weighted by Crippen LogP contribution is -2.26. The van der Waals surface area contributed by atoms with Crippen molar-refractivity contribution in [3.63, 3.8) is 0 Å². The van der Waals surface area contributed by atoms with Crippen molar-refractivity contribution in [2.45, 2.75) is 31.7 Å². The van der Waals surface area contributed by atoms with E-state index in [1.54, 1.807) is 0 Å². The van der Waals surface area contributed by atoms with E-state index >= 15 is 0 Å². The van der Waals surface area contributed by atoms with Crippen LogP contribution in [0.1, 0.15) is 36.2 Å². The number of carbonyl (C=O) groups is 1. The number of anilines is 1. The molecule has 0 radical (unpaired) electrons. The summed E-state index contributed by atoms with van der Waals surface area (Å²) < 4.78 is 27.9. The Kier molecular flexibility index (Phi) is 6.76. The van der Waals surface area contributed by atoms with Crippen LogP contribution in [0.2, 0.25) is 0 Å². The minimum Gasteiger partial charge on any atom is -0.478 e. The third kappa shape index (κ3) is 5.57. The summed E-state index contributed by atoms with van der Waals surface area (Å²) in [5.41, 5.74) is 1.29. The Bertz CT molecular complexity index is 849. The zero-order valence-electron chi connectivity index (χ0n) is 14.9. The van der Waals surface area contributed by atoms with Crippen LogP contribution in [0.4, 0.5) is 5.69 Å². The molecular formula is C19H24N2O4S. The first kappa shape index (κ1) is 19.9. The fourth-order valence-electron chi connectivity index (χ4n) is 2.38. The molecule has 0 aromatic heterocycles. The summed E-state index contributed by atoms with van der Waals surface area (Å²) in [6.07, 6.45) is 0.699. The number of rotatable bonds is 9. The van der Waals surface area contributed by atoms with Crippen molar-refractivity contribution >= 4 is 21.7 Å². The number of carboxylic acids is 1. The van der Waals surface area contributed by atoms with Crippen molar-refractivity contribution in [3.05, 3.63) is 59.7 Å². The molecule has 0 amide bonds. The molecule has 3 N–H and O–H groups in total. The van der Waals surface area contributed by atoms with Crippen LogP contribution in [-0.4, -0.2) is 26.0 Å². The highest BCUT2D eigenvalue weighted by molar-refractivity contribution is 7.89. The molecular weight excluding hydrogens is 352 g/mol. The maximum atomic E-state index is 12.7. The Hall–Kier alpha value is -2.38. The number of sulfonamides is 1. The smallest absolute Gasteiger partial charge is 0.335 e. The number of hydrogen-bond acceptors (Lipinski definition) is 4. The summed E-state index contributed by atoms with van der Waals surface area (Å²) in [7, 11) is -3.82. The van der Waals surface area contributed by atoms with Gasteiger partial charge in [-0.1, -0.05) is 44.2 Å². The van der Waals surface area contributed by atoms with Gasteiger partial charge in [0.1, 0.15) is 4.90 Å². The first-order valence-corrected chi connectivity index (χ1v) is 9.92. The summed E-state index contributed by atoms with van der Waals surface area (Å²) in [5, 5.41) is 12.3. The molecule has 0 unspecified atom stereocenters. The van der Waals surface area contributed by atoms with Gasteiger partial charge in [-0.05, 0) is 36.1 Å². The number of aromatic carboxylic acids is 1. The Morgan fingerprint density at radius 3 is 2.42 bits per heavy atom. The number of carboxylic acid groups (broad SMARTS) is 1. The molecule has 2 rings (SSSR count). The summed E-state index contributed by atoms with van der Waals surface area (Å²) in [5.74, 6) is -0.808. The highest BCUT2D eigenvalue weighted by Gasteiger charge is 2.20.